The molecule has 1 rings (SSSR count). The van der Waals surface area contributed by atoms with Crippen molar-refractivity contribution in [2.75, 3.05) is 32.8 Å². The molecular weight excluding hydrogens is 268 g/mol. The molecule has 5 heteroatoms. The number of amides is 1. The van der Waals surface area contributed by atoms with Crippen LogP contribution in [0.3, 0.4) is 0 Å². The molecular formula is C16H26N2O3. The predicted octanol–water partition coefficient (Wildman–Crippen LogP) is 2.01. The molecule has 0 saturated carbocycles. The summed E-state index contributed by atoms with van der Waals surface area (Å²) in [7, 11) is 0. The average Bonchev–Trinajstić information content (AvgIpc) is 2.52. The molecule has 2 N–H and O–H groups in total. The summed E-state index contributed by atoms with van der Waals surface area (Å²) in [6.07, 6.45) is 1.52. The van der Waals surface area contributed by atoms with Crippen molar-refractivity contribution in [1.82, 2.24) is 10.2 Å². The van der Waals surface area contributed by atoms with Crippen molar-refractivity contribution < 1.29 is 14.6 Å². The van der Waals surface area contributed by atoms with Gasteiger partial charge in [0, 0.05) is 13.1 Å². The quantitative estimate of drug-likeness (QED) is 0.648. The highest BCUT2D eigenvalue weighted by molar-refractivity contribution is 5.67. The standard InChI is InChI=1S/C16H26N2O3/c1-2-18(12-13-19)11-7-6-10-17-16(20)21-14-15-8-4-3-5-9-15/h3-5,8-9,19H,2,6-7,10-14H2,1H3,(H,17,20). The van der Waals surface area contributed by atoms with Gasteiger partial charge >= 0.3 is 6.09 Å². The third kappa shape index (κ3) is 8.32. The minimum absolute atomic E-state index is 0.192. The van der Waals surface area contributed by atoms with E-state index in [0.29, 0.717) is 19.7 Å². The topological polar surface area (TPSA) is 61.8 Å². The Hall–Kier alpha value is -1.59. The number of aliphatic hydroxyl groups excluding tert-OH is 1. The van der Waals surface area contributed by atoms with Crippen molar-refractivity contribution in [2.24, 2.45) is 0 Å². The van der Waals surface area contributed by atoms with E-state index in [0.717, 1.165) is 31.5 Å². The van der Waals surface area contributed by atoms with E-state index in [1.54, 1.807) is 0 Å². The van der Waals surface area contributed by atoms with E-state index in [9.17, 15) is 4.79 Å². The van der Waals surface area contributed by atoms with Crippen molar-refractivity contribution >= 4 is 6.09 Å². The number of hydrogen-bond donors (Lipinski definition) is 2. The van der Waals surface area contributed by atoms with Crippen molar-refractivity contribution in [2.45, 2.75) is 26.4 Å². The molecule has 1 amide bonds. The molecule has 0 saturated heterocycles. The number of carbonyl (C=O) groups is 1. The van der Waals surface area contributed by atoms with Gasteiger partial charge in [-0.25, -0.2) is 4.79 Å². The monoisotopic (exact) mass is 294 g/mol. The van der Waals surface area contributed by atoms with Gasteiger partial charge in [-0.15, -0.1) is 0 Å². The van der Waals surface area contributed by atoms with Gasteiger partial charge in [0.2, 0.25) is 0 Å². The number of rotatable bonds is 10. The number of ether oxygens (including phenoxy) is 1. The van der Waals surface area contributed by atoms with E-state index in [1.165, 1.54) is 0 Å². The van der Waals surface area contributed by atoms with Gasteiger partial charge in [-0.1, -0.05) is 37.3 Å². The van der Waals surface area contributed by atoms with E-state index in [-0.39, 0.29) is 12.7 Å². The van der Waals surface area contributed by atoms with E-state index < -0.39 is 0 Å². The first-order chi connectivity index (χ1) is 10.3. The number of nitrogens with zero attached hydrogens (tertiary/aromatic N) is 1. The molecule has 0 bridgehead atoms. The zero-order valence-corrected chi connectivity index (χ0v) is 12.8. The molecule has 1 aromatic rings. The smallest absolute Gasteiger partial charge is 0.407 e. The molecule has 0 aromatic heterocycles. The fraction of sp³-hybridized carbons (Fsp3) is 0.562. The van der Waals surface area contributed by atoms with Crippen LogP contribution in [0.4, 0.5) is 4.79 Å². The van der Waals surface area contributed by atoms with Gasteiger partial charge in [0.15, 0.2) is 0 Å². The second-order valence-electron chi connectivity index (χ2n) is 4.85. The number of aliphatic hydroxyl groups is 1. The van der Waals surface area contributed by atoms with Crippen LogP contribution in [0.2, 0.25) is 0 Å². The van der Waals surface area contributed by atoms with Crippen LogP contribution in [0.5, 0.6) is 0 Å². The summed E-state index contributed by atoms with van der Waals surface area (Å²) in [5, 5.41) is 11.6. The van der Waals surface area contributed by atoms with Crippen LogP contribution in [0, 0.1) is 0 Å². The Bertz CT molecular complexity index is 384. The predicted molar refractivity (Wildman–Crippen MR) is 83.1 cm³/mol. The molecule has 21 heavy (non-hydrogen) atoms. The van der Waals surface area contributed by atoms with E-state index in [4.69, 9.17) is 9.84 Å². The van der Waals surface area contributed by atoms with Gasteiger partial charge in [-0.2, -0.15) is 0 Å². The molecule has 5 nitrogen and oxygen atoms in total. The maximum absolute atomic E-state index is 11.5. The fourth-order valence-electron chi connectivity index (χ4n) is 1.99. The Labute approximate surface area is 126 Å². The third-order valence-corrected chi connectivity index (χ3v) is 3.25. The van der Waals surface area contributed by atoms with Crippen LogP contribution in [-0.2, 0) is 11.3 Å². The third-order valence-electron chi connectivity index (χ3n) is 3.25. The first kappa shape index (κ1) is 17.5. The van der Waals surface area contributed by atoms with E-state index >= 15 is 0 Å². The van der Waals surface area contributed by atoms with Crippen LogP contribution >= 0.6 is 0 Å². The minimum atomic E-state index is -0.374. The fourth-order valence-corrected chi connectivity index (χ4v) is 1.99. The Morgan fingerprint density at radius 2 is 2.00 bits per heavy atom. The Kier molecular flexibility index (Phi) is 9.24. The highest BCUT2D eigenvalue weighted by Crippen LogP contribution is 2.00. The van der Waals surface area contributed by atoms with Crippen molar-refractivity contribution in [1.29, 1.82) is 0 Å². The lowest BCUT2D eigenvalue weighted by Crippen LogP contribution is -2.29. The van der Waals surface area contributed by atoms with Gasteiger partial charge in [0.1, 0.15) is 6.61 Å². The number of benzene rings is 1. The molecule has 0 aliphatic heterocycles. The largest absolute Gasteiger partial charge is 0.445 e. The lowest BCUT2D eigenvalue weighted by atomic mass is 10.2. The second-order valence-corrected chi connectivity index (χ2v) is 4.85. The summed E-state index contributed by atoms with van der Waals surface area (Å²) in [5.74, 6) is 0. The van der Waals surface area contributed by atoms with Gasteiger partial charge < -0.3 is 20.1 Å². The molecule has 1 aromatic carbocycles. The molecule has 0 spiro atoms. The van der Waals surface area contributed by atoms with E-state index in [1.807, 2.05) is 30.3 Å². The first-order valence-electron chi connectivity index (χ1n) is 7.54. The highest BCUT2D eigenvalue weighted by Gasteiger charge is 2.03. The van der Waals surface area contributed by atoms with E-state index in [2.05, 4.69) is 17.1 Å². The maximum Gasteiger partial charge on any atom is 0.407 e. The van der Waals surface area contributed by atoms with Crippen molar-refractivity contribution in [3.8, 4) is 0 Å². The normalized spacial score (nSPS) is 10.6. The first-order valence-corrected chi connectivity index (χ1v) is 7.54. The van der Waals surface area contributed by atoms with Gasteiger partial charge in [-0.05, 0) is 31.5 Å². The maximum atomic E-state index is 11.5. The van der Waals surface area contributed by atoms with Crippen LogP contribution in [-0.4, -0.2) is 48.9 Å². The van der Waals surface area contributed by atoms with Crippen LogP contribution in [0.25, 0.3) is 0 Å². The van der Waals surface area contributed by atoms with Gasteiger partial charge in [-0.3, -0.25) is 0 Å². The Morgan fingerprint density at radius 3 is 2.67 bits per heavy atom. The molecule has 0 heterocycles. The zero-order valence-electron chi connectivity index (χ0n) is 12.8. The summed E-state index contributed by atoms with van der Waals surface area (Å²) in [5.41, 5.74) is 0.982. The van der Waals surface area contributed by atoms with Gasteiger partial charge in [0.25, 0.3) is 0 Å². The number of nitrogens with one attached hydrogen (secondary N) is 1. The highest BCUT2D eigenvalue weighted by atomic mass is 16.5. The van der Waals surface area contributed by atoms with Gasteiger partial charge in [0.05, 0.1) is 6.61 Å². The molecule has 0 unspecified atom stereocenters. The van der Waals surface area contributed by atoms with Crippen LogP contribution in [0.1, 0.15) is 25.3 Å². The zero-order chi connectivity index (χ0) is 15.3. The van der Waals surface area contributed by atoms with Crippen molar-refractivity contribution in [3.05, 3.63) is 35.9 Å². The van der Waals surface area contributed by atoms with Crippen LogP contribution < -0.4 is 5.32 Å². The number of alkyl carbamates (subject to hydrolysis) is 1. The molecule has 0 aliphatic rings. The molecule has 0 atom stereocenters. The number of likely N-dealkylation sites (N-methyl/N-ethyl adjacent to an activating group) is 1. The summed E-state index contributed by atoms with van der Waals surface area (Å²) in [6, 6.07) is 9.62. The lowest BCUT2D eigenvalue weighted by molar-refractivity contribution is 0.139. The Balaban J connectivity index is 2.03. The Morgan fingerprint density at radius 1 is 1.24 bits per heavy atom. The summed E-state index contributed by atoms with van der Waals surface area (Å²) < 4.78 is 5.12. The SMILES string of the molecule is CCN(CCO)CCCCNC(=O)OCc1ccccc1. The molecule has 0 aliphatic carbocycles. The average molecular weight is 294 g/mol. The molecule has 0 radical (unpaired) electrons. The lowest BCUT2D eigenvalue weighted by Gasteiger charge is -2.18. The summed E-state index contributed by atoms with van der Waals surface area (Å²) >= 11 is 0. The molecule has 0 fully saturated rings. The second kappa shape index (κ2) is 11.1. The summed E-state index contributed by atoms with van der Waals surface area (Å²) in [6.45, 7) is 5.78. The minimum Gasteiger partial charge on any atom is -0.445 e. The molecule has 118 valence electrons. The van der Waals surface area contributed by atoms with Crippen molar-refractivity contribution in [3.63, 3.8) is 0 Å². The number of unbranched alkanes of at least 4 members (excludes halogenated alkanes) is 1. The number of hydrogen-bond acceptors (Lipinski definition) is 4. The number of carbonyl (C=O) groups excluding carboxylic acids is 1. The van der Waals surface area contributed by atoms with Crippen LogP contribution in [0.15, 0.2) is 30.3 Å². The summed E-state index contributed by atoms with van der Waals surface area (Å²) in [4.78, 5) is 13.7.